The molecule has 0 aromatic heterocycles. The third kappa shape index (κ3) is 143. The first-order valence-electron chi connectivity index (χ1n) is 2.90. The average Bonchev–Trinajstić information content (AvgIpc) is 1.97. The van der Waals surface area contributed by atoms with Gasteiger partial charge in [0.1, 0.15) is 0 Å². The van der Waals surface area contributed by atoms with Crippen LogP contribution in [-0.2, 0) is 0 Å². The SMILES string of the molecule is C=CC(=C)C.C=N.CC. The van der Waals surface area contributed by atoms with Crippen molar-refractivity contribution in [3.05, 3.63) is 24.8 Å². The van der Waals surface area contributed by atoms with Gasteiger partial charge in [-0.2, -0.15) is 0 Å². The van der Waals surface area contributed by atoms with E-state index in [-0.39, 0.29) is 0 Å². The van der Waals surface area contributed by atoms with Crippen molar-refractivity contribution in [2.24, 2.45) is 0 Å². The maximum atomic E-state index is 5.50. The van der Waals surface area contributed by atoms with Crippen LogP contribution in [0.5, 0.6) is 0 Å². The molecule has 0 spiro atoms. The topological polar surface area (TPSA) is 23.9 Å². The molecular weight excluding hydrogens is 110 g/mol. The fourth-order valence-electron chi connectivity index (χ4n) is 0. The van der Waals surface area contributed by atoms with Gasteiger partial charge in [-0.1, -0.05) is 38.7 Å². The second kappa shape index (κ2) is 27.3. The molecule has 0 aliphatic heterocycles. The Morgan fingerprint density at radius 1 is 1.33 bits per heavy atom. The Labute approximate surface area is 58.6 Å². The molecule has 0 aromatic rings. The molecule has 0 aromatic carbocycles. The van der Waals surface area contributed by atoms with E-state index in [2.05, 4.69) is 19.9 Å². The van der Waals surface area contributed by atoms with Gasteiger partial charge in [0.05, 0.1) is 0 Å². The lowest BCUT2D eigenvalue weighted by atomic mass is 10.4. The predicted molar refractivity (Wildman–Crippen MR) is 46.2 cm³/mol. The lowest BCUT2D eigenvalue weighted by Crippen LogP contribution is -1.50. The Kier molecular flexibility index (Phi) is 47.6. The summed E-state index contributed by atoms with van der Waals surface area (Å²) in [5.41, 5.74) is 1.02. The molecule has 0 fully saturated rings. The number of hydrogen-bond acceptors (Lipinski definition) is 1. The van der Waals surface area contributed by atoms with Gasteiger partial charge in [0.2, 0.25) is 0 Å². The number of nitrogens with one attached hydrogen (secondary N) is 1. The van der Waals surface area contributed by atoms with Crippen LogP contribution in [-0.4, -0.2) is 6.72 Å². The highest BCUT2D eigenvalue weighted by molar-refractivity contribution is 5.15. The van der Waals surface area contributed by atoms with Crippen molar-refractivity contribution >= 4 is 6.72 Å². The number of hydrogen-bond donors (Lipinski definition) is 1. The summed E-state index contributed by atoms with van der Waals surface area (Å²) in [6.07, 6.45) is 1.72. The second-order valence-corrected chi connectivity index (χ2v) is 1.05. The van der Waals surface area contributed by atoms with E-state index in [0.29, 0.717) is 0 Å². The molecule has 0 bridgehead atoms. The summed E-state index contributed by atoms with van der Waals surface area (Å²) in [5.74, 6) is 0. The van der Waals surface area contributed by atoms with Crippen LogP contribution in [0.4, 0.5) is 0 Å². The fourth-order valence-corrected chi connectivity index (χ4v) is 0. The van der Waals surface area contributed by atoms with Crippen LogP contribution in [0, 0.1) is 5.41 Å². The van der Waals surface area contributed by atoms with Crippen molar-refractivity contribution in [1.29, 1.82) is 5.41 Å². The average molecular weight is 127 g/mol. The van der Waals surface area contributed by atoms with Crippen LogP contribution in [0.1, 0.15) is 20.8 Å². The highest BCUT2D eigenvalue weighted by atomic mass is 14.2. The normalized spacial score (nSPS) is 4.78. The molecule has 0 radical (unpaired) electrons. The first kappa shape index (κ1) is 15.7. The van der Waals surface area contributed by atoms with Crippen molar-refractivity contribution in [3.8, 4) is 0 Å². The Morgan fingerprint density at radius 2 is 1.44 bits per heavy atom. The molecule has 0 aliphatic carbocycles. The minimum absolute atomic E-state index is 1.02. The first-order valence-corrected chi connectivity index (χ1v) is 2.90. The van der Waals surface area contributed by atoms with Gasteiger partial charge in [-0.15, -0.1) is 0 Å². The zero-order valence-corrected chi connectivity index (χ0v) is 6.70. The summed E-state index contributed by atoms with van der Waals surface area (Å²) in [6, 6.07) is 0. The molecule has 54 valence electrons. The van der Waals surface area contributed by atoms with E-state index in [1.165, 1.54) is 0 Å². The van der Waals surface area contributed by atoms with Gasteiger partial charge in [-0.25, -0.2) is 0 Å². The van der Waals surface area contributed by atoms with E-state index >= 15 is 0 Å². The summed E-state index contributed by atoms with van der Waals surface area (Å²) in [7, 11) is 0. The summed E-state index contributed by atoms with van der Waals surface area (Å²) >= 11 is 0. The zero-order valence-electron chi connectivity index (χ0n) is 6.70. The largest absolute Gasteiger partial charge is 0.317 e. The van der Waals surface area contributed by atoms with Crippen LogP contribution in [0.2, 0.25) is 0 Å². The molecule has 0 saturated carbocycles. The van der Waals surface area contributed by atoms with E-state index in [9.17, 15) is 0 Å². The van der Waals surface area contributed by atoms with Crippen LogP contribution < -0.4 is 0 Å². The van der Waals surface area contributed by atoms with E-state index in [1.54, 1.807) is 6.08 Å². The monoisotopic (exact) mass is 127 g/mol. The molecule has 0 saturated heterocycles. The van der Waals surface area contributed by atoms with Crippen molar-refractivity contribution in [3.63, 3.8) is 0 Å². The quantitative estimate of drug-likeness (QED) is 0.413. The fraction of sp³-hybridized carbons (Fsp3) is 0.375. The highest BCUT2D eigenvalue weighted by Crippen LogP contribution is 1.81. The maximum absolute atomic E-state index is 5.50. The number of allylic oxidation sites excluding steroid dienone is 2. The molecule has 1 N–H and O–H groups in total. The van der Waals surface area contributed by atoms with Crippen LogP contribution in [0.3, 0.4) is 0 Å². The van der Waals surface area contributed by atoms with Crippen LogP contribution in [0.25, 0.3) is 0 Å². The van der Waals surface area contributed by atoms with E-state index in [1.807, 2.05) is 20.8 Å². The van der Waals surface area contributed by atoms with Gasteiger partial charge in [-0.05, 0) is 13.6 Å². The molecule has 9 heavy (non-hydrogen) atoms. The van der Waals surface area contributed by atoms with Gasteiger partial charge in [0.25, 0.3) is 0 Å². The maximum Gasteiger partial charge on any atom is -0.0187 e. The highest BCUT2D eigenvalue weighted by Gasteiger charge is 1.59. The van der Waals surface area contributed by atoms with Gasteiger partial charge in [0.15, 0.2) is 0 Å². The molecule has 0 heterocycles. The molecular formula is C8H17N. The first-order chi connectivity index (χ1) is 4.27. The van der Waals surface area contributed by atoms with Crippen molar-refractivity contribution in [2.45, 2.75) is 20.8 Å². The van der Waals surface area contributed by atoms with Gasteiger partial charge in [-0.3, -0.25) is 0 Å². The lowest BCUT2D eigenvalue weighted by Gasteiger charge is -1.71. The van der Waals surface area contributed by atoms with Crippen molar-refractivity contribution in [2.75, 3.05) is 0 Å². The summed E-state index contributed by atoms with van der Waals surface area (Å²) in [6.45, 7) is 15.4. The van der Waals surface area contributed by atoms with Gasteiger partial charge in [0, 0.05) is 0 Å². The van der Waals surface area contributed by atoms with Crippen molar-refractivity contribution in [1.82, 2.24) is 0 Å². The van der Waals surface area contributed by atoms with E-state index < -0.39 is 0 Å². The second-order valence-electron chi connectivity index (χ2n) is 1.05. The smallest absolute Gasteiger partial charge is 0.0187 e. The molecule has 0 unspecified atom stereocenters. The molecule has 1 heteroatoms. The molecule has 1 nitrogen and oxygen atoms in total. The van der Waals surface area contributed by atoms with E-state index in [4.69, 9.17) is 5.41 Å². The predicted octanol–water partition coefficient (Wildman–Crippen LogP) is 3.04. The third-order valence-electron chi connectivity index (χ3n) is 0.348. The Balaban J connectivity index is -0.0000000771. The van der Waals surface area contributed by atoms with Crippen molar-refractivity contribution < 1.29 is 0 Å². The molecule has 0 atom stereocenters. The minimum atomic E-state index is 1.02. The standard InChI is InChI=1S/C5H8.C2H6.CH3N/c1-4-5(2)3;2*1-2/h4H,1-2H2,3H3;1-2H3;2H,1H2. The Morgan fingerprint density at radius 3 is 1.44 bits per heavy atom. The van der Waals surface area contributed by atoms with Gasteiger partial charge < -0.3 is 5.41 Å². The summed E-state index contributed by atoms with van der Waals surface area (Å²) < 4.78 is 0. The third-order valence-corrected chi connectivity index (χ3v) is 0.348. The molecule has 0 aliphatic rings. The minimum Gasteiger partial charge on any atom is -0.317 e. The Bertz CT molecular complexity index is 65.0. The molecule has 0 amide bonds. The number of rotatable bonds is 1. The zero-order chi connectivity index (χ0) is 8.28. The van der Waals surface area contributed by atoms with Crippen LogP contribution >= 0.6 is 0 Å². The van der Waals surface area contributed by atoms with Gasteiger partial charge >= 0.3 is 0 Å². The Hall–Kier alpha value is -0.850. The van der Waals surface area contributed by atoms with Crippen LogP contribution in [0.15, 0.2) is 24.8 Å². The summed E-state index contributed by atoms with van der Waals surface area (Å²) in [4.78, 5) is 0. The molecule has 0 rings (SSSR count). The summed E-state index contributed by atoms with van der Waals surface area (Å²) in [5, 5.41) is 5.50. The lowest BCUT2D eigenvalue weighted by molar-refractivity contribution is 1.50. The van der Waals surface area contributed by atoms with E-state index in [0.717, 1.165) is 5.57 Å².